The summed E-state index contributed by atoms with van der Waals surface area (Å²) >= 11 is 0. The molecule has 0 fully saturated rings. The molecule has 0 saturated carbocycles. The average Bonchev–Trinajstić information content (AvgIpc) is 1.93. The Morgan fingerprint density at radius 3 is 2.15 bits per heavy atom. The molecule has 0 aromatic rings. The van der Waals surface area contributed by atoms with Crippen molar-refractivity contribution in [3.63, 3.8) is 0 Å². The van der Waals surface area contributed by atoms with Gasteiger partial charge < -0.3 is 0 Å². The zero-order valence-electron chi connectivity index (χ0n) is 8.71. The van der Waals surface area contributed by atoms with Gasteiger partial charge >= 0.3 is 0 Å². The Labute approximate surface area is 80.0 Å². The second-order valence-corrected chi connectivity index (χ2v) is 3.94. The second-order valence-electron chi connectivity index (χ2n) is 3.94. The van der Waals surface area contributed by atoms with Crippen LogP contribution >= 0.6 is 0 Å². The van der Waals surface area contributed by atoms with E-state index >= 15 is 0 Å². The first-order valence-electron chi connectivity index (χ1n) is 4.94. The Bertz CT molecular complexity index is 145. The molecule has 0 unspecified atom stereocenters. The van der Waals surface area contributed by atoms with E-state index in [0.29, 0.717) is 6.42 Å². The number of alkyl halides is 2. The minimum Gasteiger partial charge on any atom is -0.207 e. The van der Waals surface area contributed by atoms with Crippen LogP contribution in [-0.2, 0) is 0 Å². The molecule has 78 valence electrons. The topological polar surface area (TPSA) is 0 Å². The van der Waals surface area contributed by atoms with Crippen LogP contribution in [0.4, 0.5) is 8.78 Å². The van der Waals surface area contributed by atoms with Gasteiger partial charge in [0.2, 0.25) is 5.92 Å². The summed E-state index contributed by atoms with van der Waals surface area (Å²) in [5, 5.41) is 0. The fourth-order valence-electron chi connectivity index (χ4n) is 1.22. The Balaban J connectivity index is 3.13. The summed E-state index contributed by atoms with van der Waals surface area (Å²) < 4.78 is 24.7. The molecule has 0 heterocycles. The highest BCUT2D eigenvalue weighted by molar-refractivity contribution is 4.86. The number of allylic oxidation sites excluding steroid dienone is 1. The molecule has 2 heteroatoms. The summed E-state index contributed by atoms with van der Waals surface area (Å²) in [7, 11) is 0. The molecule has 0 amide bonds. The quantitative estimate of drug-likeness (QED) is 0.408. The molecule has 0 saturated heterocycles. The molecular formula is C11H20F2. The summed E-state index contributed by atoms with van der Waals surface area (Å²) in [6, 6.07) is 0. The van der Waals surface area contributed by atoms with Crippen LogP contribution in [0, 0.1) is 0 Å². The Kier molecular flexibility index (Phi) is 5.93. The van der Waals surface area contributed by atoms with Crippen molar-refractivity contribution in [2.24, 2.45) is 0 Å². The van der Waals surface area contributed by atoms with Crippen LogP contribution in [-0.4, -0.2) is 5.92 Å². The predicted molar refractivity (Wildman–Crippen MR) is 53.1 cm³/mol. The standard InChI is InChI=1S/C11H20F2/c1-10(2)8-6-4-5-7-9-11(3,12)13/h1,4-9H2,2-3H3. The lowest BCUT2D eigenvalue weighted by Gasteiger charge is -2.08. The van der Waals surface area contributed by atoms with E-state index in [0.717, 1.165) is 32.6 Å². The van der Waals surface area contributed by atoms with Crippen molar-refractivity contribution in [3.05, 3.63) is 12.2 Å². The third-order valence-electron chi connectivity index (χ3n) is 1.97. The molecule has 0 rings (SSSR count). The Morgan fingerprint density at radius 2 is 1.69 bits per heavy atom. The van der Waals surface area contributed by atoms with E-state index in [1.54, 1.807) is 0 Å². The van der Waals surface area contributed by atoms with Crippen LogP contribution in [0.15, 0.2) is 12.2 Å². The van der Waals surface area contributed by atoms with E-state index < -0.39 is 5.92 Å². The molecule has 0 aromatic carbocycles. The minimum atomic E-state index is -2.48. The molecule has 0 radical (unpaired) electrons. The van der Waals surface area contributed by atoms with Gasteiger partial charge in [0.15, 0.2) is 0 Å². The van der Waals surface area contributed by atoms with Gasteiger partial charge in [0.25, 0.3) is 0 Å². The summed E-state index contributed by atoms with van der Waals surface area (Å²) in [5.41, 5.74) is 1.18. The van der Waals surface area contributed by atoms with Crippen LogP contribution in [0.5, 0.6) is 0 Å². The van der Waals surface area contributed by atoms with Crippen molar-refractivity contribution >= 4 is 0 Å². The summed E-state index contributed by atoms with van der Waals surface area (Å²) in [5.74, 6) is -2.48. The maximum absolute atomic E-state index is 12.3. The second kappa shape index (κ2) is 6.11. The first-order valence-corrected chi connectivity index (χ1v) is 4.94. The largest absolute Gasteiger partial charge is 0.245 e. The van der Waals surface area contributed by atoms with Gasteiger partial charge in [-0.25, -0.2) is 8.78 Å². The molecule has 0 aliphatic heterocycles. The number of hydrogen-bond donors (Lipinski definition) is 0. The van der Waals surface area contributed by atoms with Crippen molar-refractivity contribution in [3.8, 4) is 0 Å². The normalized spacial score (nSPS) is 11.7. The van der Waals surface area contributed by atoms with Crippen molar-refractivity contribution in [1.29, 1.82) is 0 Å². The zero-order valence-corrected chi connectivity index (χ0v) is 8.71. The molecule has 13 heavy (non-hydrogen) atoms. The van der Waals surface area contributed by atoms with Crippen LogP contribution in [0.2, 0.25) is 0 Å². The van der Waals surface area contributed by atoms with Crippen LogP contribution in [0.25, 0.3) is 0 Å². The van der Waals surface area contributed by atoms with Crippen molar-refractivity contribution in [2.45, 2.75) is 58.3 Å². The molecule has 0 atom stereocenters. The molecule has 0 aliphatic rings. The lowest BCUT2D eigenvalue weighted by Crippen LogP contribution is -2.08. The highest BCUT2D eigenvalue weighted by Crippen LogP contribution is 2.20. The predicted octanol–water partition coefficient (Wildman–Crippen LogP) is 4.56. The van der Waals surface area contributed by atoms with Gasteiger partial charge in [0.05, 0.1) is 0 Å². The fraction of sp³-hybridized carbons (Fsp3) is 0.818. The highest BCUT2D eigenvalue weighted by atomic mass is 19.3. The summed E-state index contributed by atoms with van der Waals surface area (Å²) in [6.45, 7) is 6.78. The zero-order chi connectivity index (χ0) is 10.3. The fourth-order valence-corrected chi connectivity index (χ4v) is 1.22. The lowest BCUT2D eigenvalue weighted by molar-refractivity contribution is 0.0104. The molecule has 0 bridgehead atoms. The van der Waals surface area contributed by atoms with Gasteiger partial charge in [-0.2, -0.15) is 0 Å². The van der Waals surface area contributed by atoms with Gasteiger partial charge in [-0.3, -0.25) is 0 Å². The summed E-state index contributed by atoms with van der Waals surface area (Å²) in [6.07, 6.45) is 4.74. The van der Waals surface area contributed by atoms with Crippen LogP contribution < -0.4 is 0 Å². The van der Waals surface area contributed by atoms with Crippen LogP contribution in [0.1, 0.15) is 52.4 Å². The van der Waals surface area contributed by atoms with E-state index in [1.807, 2.05) is 6.92 Å². The van der Waals surface area contributed by atoms with Gasteiger partial charge in [-0.1, -0.05) is 18.4 Å². The van der Waals surface area contributed by atoms with Crippen LogP contribution in [0.3, 0.4) is 0 Å². The van der Waals surface area contributed by atoms with E-state index in [-0.39, 0.29) is 6.42 Å². The van der Waals surface area contributed by atoms with E-state index in [9.17, 15) is 8.78 Å². The molecule has 0 N–H and O–H groups in total. The highest BCUT2D eigenvalue weighted by Gasteiger charge is 2.19. The van der Waals surface area contributed by atoms with E-state index in [1.165, 1.54) is 5.57 Å². The molecule has 0 spiro atoms. The smallest absolute Gasteiger partial charge is 0.207 e. The maximum atomic E-state index is 12.3. The van der Waals surface area contributed by atoms with Crippen molar-refractivity contribution < 1.29 is 8.78 Å². The van der Waals surface area contributed by atoms with Crippen molar-refractivity contribution in [1.82, 2.24) is 0 Å². The van der Waals surface area contributed by atoms with Gasteiger partial charge in [-0.05, 0) is 33.1 Å². The number of unbranched alkanes of at least 4 members (excludes halogenated alkanes) is 3. The van der Waals surface area contributed by atoms with Gasteiger partial charge in [0, 0.05) is 6.42 Å². The van der Waals surface area contributed by atoms with Gasteiger partial charge in [-0.15, -0.1) is 6.58 Å². The number of rotatable bonds is 7. The third-order valence-corrected chi connectivity index (χ3v) is 1.97. The third kappa shape index (κ3) is 11.6. The van der Waals surface area contributed by atoms with Gasteiger partial charge in [0.1, 0.15) is 0 Å². The maximum Gasteiger partial charge on any atom is 0.245 e. The monoisotopic (exact) mass is 190 g/mol. The summed E-state index contributed by atoms with van der Waals surface area (Å²) in [4.78, 5) is 0. The Morgan fingerprint density at radius 1 is 1.15 bits per heavy atom. The minimum absolute atomic E-state index is 0.0278. The molecule has 0 aromatic heterocycles. The molecule has 0 nitrogen and oxygen atoms in total. The first kappa shape index (κ1) is 12.6. The first-order chi connectivity index (χ1) is 5.92. The average molecular weight is 190 g/mol. The van der Waals surface area contributed by atoms with E-state index in [2.05, 4.69) is 6.58 Å². The molecular weight excluding hydrogens is 170 g/mol. The SMILES string of the molecule is C=C(C)CCCCCCC(C)(F)F. The van der Waals surface area contributed by atoms with Crippen molar-refractivity contribution in [2.75, 3.05) is 0 Å². The molecule has 0 aliphatic carbocycles. The Hall–Kier alpha value is -0.400. The number of halogens is 2. The lowest BCUT2D eigenvalue weighted by atomic mass is 10.1. The van der Waals surface area contributed by atoms with E-state index in [4.69, 9.17) is 0 Å². The number of hydrogen-bond acceptors (Lipinski definition) is 0.